The average molecular weight is 285 g/mol. The van der Waals surface area contributed by atoms with Crippen LogP contribution in [0.2, 0.25) is 0 Å². The molecule has 0 aromatic carbocycles. The molecule has 1 aliphatic heterocycles. The normalized spacial score (nSPS) is 18.6. The van der Waals surface area contributed by atoms with E-state index in [1.807, 2.05) is 0 Å². The maximum Gasteiger partial charge on any atom is 0.413 e. The number of nitrogens with one attached hydrogen (secondary N) is 2. The molecule has 1 rings (SSSR count). The third-order valence-electron chi connectivity index (χ3n) is 3.15. The van der Waals surface area contributed by atoms with Crippen molar-refractivity contribution in [1.82, 2.24) is 15.5 Å². The molecule has 20 heavy (non-hydrogen) atoms. The Morgan fingerprint density at radius 1 is 1.45 bits per heavy atom. The molecule has 1 heterocycles. The van der Waals surface area contributed by atoms with Crippen molar-refractivity contribution in [2.24, 2.45) is 5.92 Å². The van der Waals surface area contributed by atoms with Gasteiger partial charge in [-0.2, -0.15) is 0 Å². The molecule has 1 saturated heterocycles. The van der Waals surface area contributed by atoms with Crippen molar-refractivity contribution in [2.45, 2.75) is 39.7 Å². The SMILES string of the molecule is CCOC(=O)NC(=O)CN(CC(C)C)CC1CCCN1. The number of amides is 2. The van der Waals surface area contributed by atoms with Crippen LogP contribution in [-0.4, -0.2) is 55.7 Å². The maximum atomic E-state index is 11.8. The van der Waals surface area contributed by atoms with Gasteiger partial charge >= 0.3 is 6.09 Å². The summed E-state index contributed by atoms with van der Waals surface area (Å²) in [5.74, 6) is 0.175. The summed E-state index contributed by atoms with van der Waals surface area (Å²) in [6.07, 6.45) is 1.67. The van der Waals surface area contributed by atoms with Gasteiger partial charge in [0, 0.05) is 19.1 Å². The van der Waals surface area contributed by atoms with E-state index in [4.69, 9.17) is 4.74 Å². The molecule has 0 radical (unpaired) electrons. The third-order valence-corrected chi connectivity index (χ3v) is 3.15. The van der Waals surface area contributed by atoms with Crippen LogP contribution in [0.3, 0.4) is 0 Å². The molecule has 6 heteroatoms. The first-order chi connectivity index (χ1) is 9.51. The van der Waals surface area contributed by atoms with Gasteiger partial charge in [-0.05, 0) is 32.2 Å². The van der Waals surface area contributed by atoms with Gasteiger partial charge in [-0.25, -0.2) is 4.79 Å². The largest absolute Gasteiger partial charge is 0.450 e. The molecule has 0 aromatic heterocycles. The molecule has 2 N–H and O–H groups in total. The van der Waals surface area contributed by atoms with Gasteiger partial charge in [0.2, 0.25) is 5.91 Å². The molecular formula is C14H27N3O3. The van der Waals surface area contributed by atoms with Crippen LogP contribution in [-0.2, 0) is 9.53 Å². The molecule has 0 aliphatic carbocycles. The Hall–Kier alpha value is -1.14. The lowest BCUT2D eigenvalue weighted by atomic mass is 10.1. The number of hydrogen-bond donors (Lipinski definition) is 2. The number of imide groups is 1. The van der Waals surface area contributed by atoms with Gasteiger partial charge in [0.25, 0.3) is 0 Å². The second-order valence-corrected chi connectivity index (χ2v) is 5.65. The smallest absolute Gasteiger partial charge is 0.413 e. The predicted molar refractivity (Wildman–Crippen MR) is 77.5 cm³/mol. The Bertz CT molecular complexity index is 315. The van der Waals surface area contributed by atoms with E-state index < -0.39 is 6.09 Å². The minimum absolute atomic E-state index is 0.231. The van der Waals surface area contributed by atoms with Crippen molar-refractivity contribution in [1.29, 1.82) is 0 Å². The number of carbonyl (C=O) groups is 2. The summed E-state index contributed by atoms with van der Waals surface area (Å²) < 4.78 is 4.71. The van der Waals surface area contributed by atoms with E-state index in [-0.39, 0.29) is 19.1 Å². The summed E-state index contributed by atoms with van der Waals surface area (Å²) in [6, 6.07) is 0.448. The van der Waals surface area contributed by atoms with Crippen LogP contribution in [0.25, 0.3) is 0 Å². The lowest BCUT2D eigenvalue weighted by Crippen LogP contribution is -2.45. The molecule has 116 valence electrons. The second kappa shape index (κ2) is 8.92. The van der Waals surface area contributed by atoms with Crippen LogP contribution in [0, 0.1) is 5.92 Å². The predicted octanol–water partition coefficient (Wildman–Crippen LogP) is 0.969. The summed E-state index contributed by atoms with van der Waals surface area (Å²) in [5.41, 5.74) is 0. The Kier molecular flexibility index (Phi) is 7.54. The standard InChI is InChI=1S/C14H27N3O3/c1-4-20-14(19)16-13(18)10-17(8-11(2)3)9-12-6-5-7-15-12/h11-12,15H,4-10H2,1-3H3,(H,16,18,19). The summed E-state index contributed by atoms with van der Waals surface area (Å²) in [6.45, 7) is 9.19. The average Bonchev–Trinajstić information content (AvgIpc) is 2.80. The lowest BCUT2D eigenvalue weighted by molar-refractivity contribution is -0.121. The quantitative estimate of drug-likeness (QED) is 0.729. The number of carbonyl (C=O) groups excluding carboxylic acids is 2. The first-order valence-electron chi connectivity index (χ1n) is 7.43. The zero-order chi connectivity index (χ0) is 15.0. The highest BCUT2D eigenvalue weighted by atomic mass is 16.5. The molecule has 2 amide bonds. The van der Waals surface area contributed by atoms with E-state index in [1.54, 1.807) is 6.92 Å². The van der Waals surface area contributed by atoms with Gasteiger partial charge in [0.05, 0.1) is 13.2 Å². The van der Waals surface area contributed by atoms with Crippen LogP contribution in [0.5, 0.6) is 0 Å². The molecule has 0 spiro atoms. The van der Waals surface area contributed by atoms with Gasteiger partial charge < -0.3 is 10.1 Å². The van der Waals surface area contributed by atoms with E-state index in [2.05, 4.69) is 29.4 Å². The Labute approximate surface area is 121 Å². The van der Waals surface area contributed by atoms with E-state index in [0.29, 0.717) is 12.0 Å². The van der Waals surface area contributed by atoms with E-state index in [9.17, 15) is 9.59 Å². The fourth-order valence-electron chi connectivity index (χ4n) is 2.47. The summed E-state index contributed by atoms with van der Waals surface area (Å²) in [5, 5.41) is 5.68. The molecule has 1 fully saturated rings. The number of alkyl carbamates (subject to hydrolysis) is 1. The van der Waals surface area contributed by atoms with Gasteiger partial charge in [-0.1, -0.05) is 13.8 Å². The lowest BCUT2D eigenvalue weighted by Gasteiger charge is -2.26. The van der Waals surface area contributed by atoms with E-state index in [0.717, 1.165) is 26.1 Å². The fourth-order valence-corrected chi connectivity index (χ4v) is 2.47. The van der Waals surface area contributed by atoms with Crippen LogP contribution in [0.4, 0.5) is 4.79 Å². The first-order valence-corrected chi connectivity index (χ1v) is 7.43. The Morgan fingerprint density at radius 3 is 2.75 bits per heavy atom. The van der Waals surface area contributed by atoms with Gasteiger partial charge in [0.15, 0.2) is 0 Å². The number of nitrogens with zero attached hydrogens (tertiary/aromatic N) is 1. The zero-order valence-corrected chi connectivity index (χ0v) is 12.8. The Morgan fingerprint density at radius 2 is 2.20 bits per heavy atom. The fraction of sp³-hybridized carbons (Fsp3) is 0.857. The second-order valence-electron chi connectivity index (χ2n) is 5.65. The van der Waals surface area contributed by atoms with Crippen LogP contribution in [0.1, 0.15) is 33.6 Å². The Balaban J connectivity index is 2.41. The minimum atomic E-state index is -0.666. The van der Waals surface area contributed by atoms with Gasteiger partial charge in [-0.15, -0.1) is 0 Å². The molecule has 0 saturated carbocycles. The monoisotopic (exact) mass is 285 g/mol. The molecule has 6 nitrogen and oxygen atoms in total. The van der Waals surface area contributed by atoms with Crippen molar-refractivity contribution in [3.63, 3.8) is 0 Å². The third kappa shape index (κ3) is 6.86. The number of ether oxygens (including phenoxy) is 1. The van der Waals surface area contributed by atoms with Crippen molar-refractivity contribution in [3.05, 3.63) is 0 Å². The van der Waals surface area contributed by atoms with E-state index in [1.165, 1.54) is 6.42 Å². The molecule has 0 aromatic rings. The highest BCUT2D eigenvalue weighted by Gasteiger charge is 2.21. The van der Waals surface area contributed by atoms with Crippen LogP contribution in [0.15, 0.2) is 0 Å². The molecule has 0 bridgehead atoms. The summed E-state index contributed by atoms with van der Waals surface area (Å²) in [4.78, 5) is 25.1. The van der Waals surface area contributed by atoms with E-state index >= 15 is 0 Å². The number of rotatable bonds is 7. The molecule has 1 unspecified atom stereocenters. The molecule has 1 atom stereocenters. The topological polar surface area (TPSA) is 70.7 Å². The van der Waals surface area contributed by atoms with Crippen molar-refractivity contribution >= 4 is 12.0 Å². The highest BCUT2D eigenvalue weighted by molar-refractivity contribution is 5.92. The maximum absolute atomic E-state index is 11.8. The molecular weight excluding hydrogens is 258 g/mol. The van der Waals surface area contributed by atoms with Crippen molar-refractivity contribution in [2.75, 3.05) is 32.8 Å². The zero-order valence-electron chi connectivity index (χ0n) is 12.8. The highest BCUT2D eigenvalue weighted by Crippen LogP contribution is 2.08. The van der Waals surface area contributed by atoms with Crippen molar-refractivity contribution < 1.29 is 14.3 Å². The number of hydrogen-bond acceptors (Lipinski definition) is 5. The van der Waals surface area contributed by atoms with Crippen LogP contribution < -0.4 is 10.6 Å². The van der Waals surface area contributed by atoms with Gasteiger partial charge in [-0.3, -0.25) is 15.0 Å². The van der Waals surface area contributed by atoms with Crippen molar-refractivity contribution in [3.8, 4) is 0 Å². The van der Waals surface area contributed by atoms with Gasteiger partial charge in [0.1, 0.15) is 0 Å². The summed E-state index contributed by atoms with van der Waals surface area (Å²) >= 11 is 0. The first kappa shape index (κ1) is 16.9. The minimum Gasteiger partial charge on any atom is -0.450 e. The van der Waals surface area contributed by atoms with Crippen LogP contribution >= 0.6 is 0 Å². The summed E-state index contributed by atoms with van der Waals surface area (Å²) in [7, 11) is 0. The molecule has 1 aliphatic rings.